The summed E-state index contributed by atoms with van der Waals surface area (Å²) in [6.45, 7) is 3.70. The number of carbonyl (C=O) groups excluding carboxylic acids is 2. The number of rotatable bonds is 46. The summed E-state index contributed by atoms with van der Waals surface area (Å²) in [7, 11) is -4.39. The first-order valence-corrected chi connectivity index (χ1v) is 26.0. The molecular weight excluding hydrogens is 762 g/mol. The van der Waals surface area contributed by atoms with Crippen molar-refractivity contribution in [3.63, 3.8) is 0 Å². The molecule has 0 aromatic heterocycles. The number of allylic oxidation sites excluding steroid dienone is 6. The number of esters is 2. The first-order chi connectivity index (χ1) is 28.8. The van der Waals surface area contributed by atoms with E-state index in [9.17, 15) is 19.0 Å². The summed E-state index contributed by atoms with van der Waals surface area (Å²) >= 11 is 0. The van der Waals surface area contributed by atoms with Gasteiger partial charge in [-0.3, -0.25) is 18.6 Å². The van der Waals surface area contributed by atoms with Gasteiger partial charge >= 0.3 is 19.8 Å². The molecule has 59 heavy (non-hydrogen) atoms. The molecule has 0 aliphatic heterocycles. The molecule has 3 N–H and O–H groups in total. The second-order valence-electron chi connectivity index (χ2n) is 16.3. The van der Waals surface area contributed by atoms with E-state index < -0.39 is 32.5 Å². The molecule has 0 aromatic rings. The molecule has 0 bridgehead atoms. The van der Waals surface area contributed by atoms with E-state index in [0.717, 1.165) is 38.5 Å². The number of hydrogen-bond donors (Lipinski definition) is 2. The van der Waals surface area contributed by atoms with Crippen LogP contribution in [-0.4, -0.2) is 49.3 Å². The van der Waals surface area contributed by atoms with Crippen molar-refractivity contribution in [1.29, 1.82) is 0 Å². The van der Waals surface area contributed by atoms with Gasteiger partial charge in [0.15, 0.2) is 6.10 Å². The zero-order chi connectivity index (χ0) is 43.2. The smallest absolute Gasteiger partial charge is 0.462 e. The van der Waals surface area contributed by atoms with Crippen LogP contribution in [0.2, 0.25) is 0 Å². The molecule has 0 saturated heterocycles. The molecule has 0 aromatic carbocycles. The zero-order valence-corrected chi connectivity index (χ0v) is 39.1. The maximum absolute atomic E-state index is 12.6. The van der Waals surface area contributed by atoms with Gasteiger partial charge in [0.05, 0.1) is 13.2 Å². The van der Waals surface area contributed by atoms with Crippen molar-refractivity contribution in [1.82, 2.24) is 0 Å². The topological polar surface area (TPSA) is 134 Å². The standard InChI is InChI=1S/C49H92NO8P/c1-3-5-7-9-11-13-15-17-19-21-22-23-24-26-28-30-32-34-36-38-40-42-49(52)58-47(46-57-59(53,54)56-44-43-50)45-55-48(51)41-39-37-35-33-31-29-27-25-20-18-16-14-12-10-8-6-4-2/h18,20,27,29,33,35,47H,3-17,19,21-26,28,30-32,34,36-46,50H2,1-2H3,(H,53,54). The summed E-state index contributed by atoms with van der Waals surface area (Å²) in [5.74, 6) is -0.880. The highest BCUT2D eigenvalue weighted by Gasteiger charge is 2.26. The van der Waals surface area contributed by atoms with Crippen LogP contribution in [0.15, 0.2) is 36.5 Å². The van der Waals surface area contributed by atoms with E-state index in [2.05, 4.69) is 50.3 Å². The van der Waals surface area contributed by atoms with Gasteiger partial charge in [-0.2, -0.15) is 0 Å². The van der Waals surface area contributed by atoms with Crippen LogP contribution in [0.25, 0.3) is 0 Å². The number of phosphoric acid groups is 1. The van der Waals surface area contributed by atoms with Crippen LogP contribution >= 0.6 is 7.82 Å². The fourth-order valence-electron chi connectivity index (χ4n) is 6.89. The van der Waals surface area contributed by atoms with E-state index in [1.165, 1.54) is 154 Å². The van der Waals surface area contributed by atoms with Crippen LogP contribution in [0.4, 0.5) is 0 Å². The van der Waals surface area contributed by atoms with Crippen molar-refractivity contribution in [2.24, 2.45) is 5.73 Å². The second-order valence-corrected chi connectivity index (χ2v) is 17.8. The van der Waals surface area contributed by atoms with Crippen LogP contribution in [0.3, 0.4) is 0 Å². The van der Waals surface area contributed by atoms with Crippen molar-refractivity contribution in [2.45, 2.75) is 238 Å². The predicted octanol–water partition coefficient (Wildman–Crippen LogP) is 14.5. The Morgan fingerprint density at radius 2 is 0.898 bits per heavy atom. The number of nitrogens with two attached hydrogens (primary N) is 1. The predicted molar refractivity (Wildman–Crippen MR) is 247 cm³/mol. The first kappa shape index (κ1) is 57.2. The minimum Gasteiger partial charge on any atom is -0.462 e. The number of ether oxygens (including phenoxy) is 2. The van der Waals surface area contributed by atoms with Crippen molar-refractivity contribution >= 4 is 19.8 Å². The van der Waals surface area contributed by atoms with Gasteiger partial charge in [0, 0.05) is 19.4 Å². The summed E-state index contributed by atoms with van der Waals surface area (Å²) < 4.78 is 32.8. The number of hydrogen-bond acceptors (Lipinski definition) is 8. The highest BCUT2D eigenvalue weighted by atomic mass is 31.2. The molecule has 0 radical (unpaired) electrons. The summed E-state index contributed by atoms with van der Waals surface area (Å²) in [6.07, 6.45) is 51.9. The molecular formula is C49H92NO8P. The Labute approximate surface area is 363 Å². The van der Waals surface area contributed by atoms with Crippen LogP contribution in [0, 0.1) is 0 Å². The highest BCUT2D eigenvalue weighted by molar-refractivity contribution is 7.47. The Bertz CT molecular complexity index is 1060. The maximum atomic E-state index is 12.6. The Morgan fingerprint density at radius 3 is 1.36 bits per heavy atom. The van der Waals surface area contributed by atoms with Crippen molar-refractivity contribution in [3.8, 4) is 0 Å². The van der Waals surface area contributed by atoms with Crippen molar-refractivity contribution in [2.75, 3.05) is 26.4 Å². The molecule has 0 amide bonds. The third-order valence-corrected chi connectivity index (χ3v) is 11.5. The lowest BCUT2D eigenvalue weighted by Crippen LogP contribution is -2.29. The fourth-order valence-corrected chi connectivity index (χ4v) is 7.65. The molecule has 0 aliphatic rings. The lowest BCUT2D eigenvalue weighted by molar-refractivity contribution is -0.161. The Kier molecular flexibility index (Phi) is 44.4. The van der Waals surface area contributed by atoms with Crippen LogP contribution in [0.1, 0.15) is 232 Å². The van der Waals surface area contributed by atoms with Gasteiger partial charge in [0.1, 0.15) is 6.61 Å². The van der Waals surface area contributed by atoms with Crippen LogP contribution in [0.5, 0.6) is 0 Å². The normalized spacial score (nSPS) is 13.5. The molecule has 346 valence electrons. The third kappa shape index (κ3) is 45.6. The Hall–Kier alpha value is -1.77. The van der Waals surface area contributed by atoms with E-state index in [1.54, 1.807) is 0 Å². The van der Waals surface area contributed by atoms with Gasteiger partial charge in [-0.25, -0.2) is 4.57 Å². The summed E-state index contributed by atoms with van der Waals surface area (Å²) in [5, 5.41) is 0. The molecule has 0 fully saturated rings. The van der Waals surface area contributed by atoms with Crippen LogP contribution < -0.4 is 5.73 Å². The molecule has 0 spiro atoms. The van der Waals surface area contributed by atoms with Gasteiger partial charge in [0.2, 0.25) is 0 Å². The Balaban J connectivity index is 4.11. The molecule has 2 atom stereocenters. The van der Waals surface area contributed by atoms with E-state index in [0.29, 0.717) is 12.8 Å². The van der Waals surface area contributed by atoms with Gasteiger partial charge in [-0.15, -0.1) is 0 Å². The third-order valence-electron chi connectivity index (χ3n) is 10.5. The molecule has 10 heteroatoms. The van der Waals surface area contributed by atoms with Gasteiger partial charge in [0.25, 0.3) is 0 Å². The second kappa shape index (κ2) is 45.7. The SMILES string of the molecule is CCCCCCCCC=CCC=CCC=CCCCC(=O)OCC(COP(=O)(O)OCCN)OC(=O)CCCCCCCCCCCCCCCCCCCCCCC. The molecule has 9 nitrogen and oxygen atoms in total. The average molecular weight is 854 g/mol. The van der Waals surface area contributed by atoms with Crippen molar-refractivity contribution < 1.29 is 37.6 Å². The minimum absolute atomic E-state index is 0.0479. The lowest BCUT2D eigenvalue weighted by Gasteiger charge is -2.19. The Morgan fingerprint density at radius 1 is 0.508 bits per heavy atom. The molecule has 2 unspecified atom stereocenters. The summed E-state index contributed by atoms with van der Waals surface area (Å²) in [4.78, 5) is 35.0. The zero-order valence-electron chi connectivity index (χ0n) is 38.2. The first-order valence-electron chi connectivity index (χ1n) is 24.5. The lowest BCUT2D eigenvalue weighted by atomic mass is 10.0. The van der Waals surface area contributed by atoms with Gasteiger partial charge in [-0.1, -0.05) is 211 Å². The fraction of sp³-hybridized carbons (Fsp3) is 0.837. The molecule has 0 aliphatic carbocycles. The summed E-state index contributed by atoms with van der Waals surface area (Å²) in [6, 6.07) is 0. The molecule has 0 heterocycles. The minimum atomic E-state index is -4.39. The molecule has 0 saturated carbocycles. The van der Waals surface area contributed by atoms with E-state index in [1.807, 2.05) is 0 Å². The van der Waals surface area contributed by atoms with Crippen LogP contribution in [-0.2, 0) is 32.7 Å². The van der Waals surface area contributed by atoms with Gasteiger partial charge in [-0.05, 0) is 44.9 Å². The average Bonchev–Trinajstić information content (AvgIpc) is 3.22. The number of phosphoric ester groups is 1. The quantitative estimate of drug-likeness (QED) is 0.0265. The summed E-state index contributed by atoms with van der Waals surface area (Å²) in [5.41, 5.74) is 5.36. The van der Waals surface area contributed by atoms with E-state index in [4.69, 9.17) is 24.3 Å². The molecule has 0 rings (SSSR count). The maximum Gasteiger partial charge on any atom is 0.472 e. The van der Waals surface area contributed by atoms with E-state index >= 15 is 0 Å². The van der Waals surface area contributed by atoms with Gasteiger partial charge < -0.3 is 20.1 Å². The number of carbonyl (C=O) groups is 2. The monoisotopic (exact) mass is 854 g/mol. The number of unbranched alkanes of at least 4 members (excludes halogenated alkanes) is 27. The largest absolute Gasteiger partial charge is 0.472 e. The van der Waals surface area contributed by atoms with Crippen molar-refractivity contribution in [3.05, 3.63) is 36.5 Å². The van der Waals surface area contributed by atoms with E-state index in [-0.39, 0.29) is 32.6 Å². The highest BCUT2D eigenvalue weighted by Crippen LogP contribution is 2.43.